The van der Waals surface area contributed by atoms with Gasteiger partial charge in [0.1, 0.15) is 0 Å². The molecular weight excluding hydrogens is 188 g/mol. The van der Waals surface area contributed by atoms with E-state index in [0.717, 1.165) is 11.0 Å². The molecule has 0 bridgehead atoms. The van der Waals surface area contributed by atoms with Crippen LogP contribution in [-0.2, 0) is 4.79 Å². The standard InChI is InChI=1S/C12H10N2O/c1-9(15)6-7-10-8-13-11-4-2-3-5-12(11)14-10/h2-8H,1H3/b7-6+. The first-order chi connectivity index (χ1) is 7.25. The molecule has 1 aromatic carbocycles. The molecule has 0 aliphatic carbocycles. The summed E-state index contributed by atoms with van der Waals surface area (Å²) >= 11 is 0. The van der Waals surface area contributed by atoms with E-state index in [9.17, 15) is 4.79 Å². The second kappa shape index (κ2) is 4.00. The molecule has 2 rings (SSSR count). The van der Waals surface area contributed by atoms with E-state index in [1.54, 1.807) is 12.3 Å². The van der Waals surface area contributed by atoms with Gasteiger partial charge in [0.15, 0.2) is 5.78 Å². The number of carbonyl (C=O) groups excluding carboxylic acids is 1. The van der Waals surface area contributed by atoms with Crippen molar-refractivity contribution < 1.29 is 4.79 Å². The monoisotopic (exact) mass is 198 g/mol. The molecule has 3 heteroatoms. The Labute approximate surface area is 87.5 Å². The highest BCUT2D eigenvalue weighted by molar-refractivity contribution is 5.91. The van der Waals surface area contributed by atoms with Gasteiger partial charge in [-0.3, -0.25) is 9.78 Å². The van der Waals surface area contributed by atoms with E-state index in [4.69, 9.17) is 0 Å². The predicted molar refractivity (Wildman–Crippen MR) is 59.3 cm³/mol. The van der Waals surface area contributed by atoms with Gasteiger partial charge in [-0.15, -0.1) is 0 Å². The number of nitrogens with zero attached hydrogens (tertiary/aromatic N) is 2. The van der Waals surface area contributed by atoms with E-state index >= 15 is 0 Å². The van der Waals surface area contributed by atoms with Crippen LogP contribution in [0.4, 0.5) is 0 Å². The lowest BCUT2D eigenvalue weighted by molar-refractivity contribution is -0.112. The Kier molecular flexibility index (Phi) is 2.54. The fraction of sp³-hybridized carbons (Fsp3) is 0.0833. The summed E-state index contributed by atoms with van der Waals surface area (Å²) in [5.74, 6) is 0.00459. The van der Waals surface area contributed by atoms with Gasteiger partial charge in [0.05, 0.1) is 22.9 Å². The second-order valence-corrected chi connectivity index (χ2v) is 3.23. The fourth-order valence-corrected chi connectivity index (χ4v) is 1.25. The summed E-state index contributed by atoms with van der Waals surface area (Å²) in [4.78, 5) is 19.3. The van der Waals surface area contributed by atoms with Crippen molar-refractivity contribution in [2.24, 2.45) is 0 Å². The molecule has 1 heterocycles. The number of para-hydroxylation sites is 2. The molecule has 74 valence electrons. The Hall–Kier alpha value is -2.03. The maximum atomic E-state index is 10.7. The third-order valence-electron chi connectivity index (χ3n) is 1.96. The van der Waals surface area contributed by atoms with E-state index in [-0.39, 0.29) is 5.78 Å². The van der Waals surface area contributed by atoms with Gasteiger partial charge in [-0.2, -0.15) is 0 Å². The molecule has 0 unspecified atom stereocenters. The zero-order valence-electron chi connectivity index (χ0n) is 8.34. The number of hydrogen-bond donors (Lipinski definition) is 0. The summed E-state index contributed by atoms with van der Waals surface area (Å²) < 4.78 is 0. The smallest absolute Gasteiger partial charge is 0.152 e. The number of carbonyl (C=O) groups is 1. The molecule has 0 aliphatic heterocycles. The van der Waals surface area contributed by atoms with Gasteiger partial charge in [0, 0.05) is 0 Å². The van der Waals surface area contributed by atoms with Crippen LogP contribution in [-0.4, -0.2) is 15.8 Å². The first kappa shape index (κ1) is 9.52. The number of benzene rings is 1. The third-order valence-corrected chi connectivity index (χ3v) is 1.96. The van der Waals surface area contributed by atoms with E-state index in [1.807, 2.05) is 24.3 Å². The van der Waals surface area contributed by atoms with Crippen molar-refractivity contribution in [2.75, 3.05) is 0 Å². The summed E-state index contributed by atoms with van der Waals surface area (Å²) in [6, 6.07) is 7.63. The van der Waals surface area contributed by atoms with Crippen LogP contribution in [0.3, 0.4) is 0 Å². The molecule has 0 spiro atoms. The number of allylic oxidation sites excluding steroid dienone is 1. The highest BCUT2D eigenvalue weighted by atomic mass is 16.1. The lowest BCUT2D eigenvalue weighted by Crippen LogP contribution is -1.87. The Bertz CT molecular complexity index is 532. The second-order valence-electron chi connectivity index (χ2n) is 3.23. The summed E-state index contributed by atoms with van der Waals surface area (Å²) in [7, 11) is 0. The first-order valence-corrected chi connectivity index (χ1v) is 4.66. The van der Waals surface area contributed by atoms with Crippen LogP contribution in [0.1, 0.15) is 12.6 Å². The molecule has 0 fully saturated rings. The molecule has 0 radical (unpaired) electrons. The third kappa shape index (κ3) is 2.26. The minimum absolute atomic E-state index is 0.00459. The fourth-order valence-electron chi connectivity index (χ4n) is 1.25. The maximum absolute atomic E-state index is 10.7. The van der Waals surface area contributed by atoms with E-state index < -0.39 is 0 Å². The molecule has 3 nitrogen and oxygen atoms in total. The average molecular weight is 198 g/mol. The Morgan fingerprint density at radius 1 is 1.27 bits per heavy atom. The SMILES string of the molecule is CC(=O)/C=C/c1cnc2ccccc2n1. The molecule has 0 amide bonds. The molecule has 2 aromatic rings. The van der Waals surface area contributed by atoms with Gasteiger partial charge in [-0.05, 0) is 31.2 Å². The van der Waals surface area contributed by atoms with Crippen molar-refractivity contribution in [1.82, 2.24) is 9.97 Å². The van der Waals surface area contributed by atoms with Crippen molar-refractivity contribution in [3.63, 3.8) is 0 Å². The largest absolute Gasteiger partial charge is 0.295 e. The minimum atomic E-state index is 0.00459. The lowest BCUT2D eigenvalue weighted by atomic mass is 10.3. The Balaban J connectivity index is 2.43. The summed E-state index contributed by atoms with van der Waals surface area (Å²) in [6.45, 7) is 1.50. The minimum Gasteiger partial charge on any atom is -0.295 e. The van der Waals surface area contributed by atoms with Crippen molar-refractivity contribution in [3.05, 3.63) is 42.2 Å². The van der Waals surface area contributed by atoms with Crippen LogP contribution in [0.25, 0.3) is 17.1 Å². The molecule has 0 saturated heterocycles. The van der Waals surface area contributed by atoms with Crippen molar-refractivity contribution in [2.45, 2.75) is 6.92 Å². The van der Waals surface area contributed by atoms with Crippen LogP contribution < -0.4 is 0 Å². The normalized spacial score (nSPS) is 11.0. The maximum Gasteiger partial charge on any atom is 0.152 e. The molecule has 0 atom stereocenters. The Morgan fingerprint density at radius 2 is 2.00 bits per heavy atom. The lowest BCUT2D eigenvalue weighted by Gasteiger charge is -1.96. The summed E-state index contributed by atoms with van der Waals surface area (Å²) in [5.41, 5.74) is 2.39. The number of fused-ring (bicyclic) bond motifs is 1. The van der Waals surface area contributed by atoms with Crippen LogP contribution in [0.2, 0.25) is 0 Å². The van der Waals surface area contributed by atoms with Gasteiger partial charge < -0.3 is 0 Å². The average Bonchev–Trinajstić information content (AvgIpc) is 2.26. The quantitative estimate of drug-likeness (QED) is 0.695. The molecule has 15 heavy (non-hydrogen) atoms. The van der Waals surface area contributed by atoms with E-state index in [1.165, 1.54) is 13.0 Å². The summed E-state index contributed by atoms with van der Waals surface area (Å²) in [5, 5.41) is 0. The van der Waals surface area contributed by atoms with Crippen molar-refractivity contribution in [3.8, 4) is 0 Å². The van der Waals surface area contributed by atoms with Gasteiger partial charge in [-0.25, -0.2) is 4.98 Å². The molecular formula is C12H10N2O. The number of rotatable bonds is 2. The predicted octanol–water partition coefficient (Wildman–Crippen LogP) is 2.23. The van der Waals surface area contributed by atoms with Crippen LogP contribution in [0.15, 0.2) is 36.5 Å². The van der Waals surface area contributed by atoms with Crippen molar-refractivity contribution >= 4 is 22.9 Å². The molecule has 0 N–H and O–H groups in total. The molecule has 0 saturated carbocycles. The highest BCUT2D eigenvalue weighted by Gasteiger charge is 1.95. The van der Waals surface area contributed by atoms with E-state index in [0.29, 0.717) is 5.69 Å². The number of hydrogen-bond acceptors (Lipinski definition) is 3. The number of aromatic nitrogens is 2. The van der Waals surface area contributed by atoms with Crippen LogP contribution >= 0.6 is 0 Å². The van der Waals surface area contributed by atoms with Gasteiger partial charge in [-0.1, -0.05) is 12.1 Å². The van der Waals surface area contributed by atoms with Gasteiger partial charge in [0.2, 0.25) is 0 Å². The van der Waals surface area contributed by atoms with Gasteiger partial charge >= 0.3 is 0 Å². The number of ketones is 1. The summed E-state index contributed by atoms with van der Waals surface area (Å²) in [6.07, 6.45) is 4.81. The van der Waals surface area contributed by atoms with Gasteiger partial charge in [0.25, 0.3) is 0 Å². The molecule has 1 aromatic heterocycles. The highest BCUT2D eigenvalue weighted by Crippen LogP contribution is 2.09. The molecule has 0 aliphatic rings. The Morgan fingerprint density at radius 3 is 2.73 bits per heavy atom. The zero-order valence-corrected chi connectivity index (χ0v) is 8.34. The first-order valence-electron chi connectivity index (χ1n) is 4.66. The topological polar surface area (TPSA) is 42.9 Å². The zero-order chi connectivity index (χ0) is 10.7. The van der Waals surface area contributed by atoms with Crippen molar-refractivity contribution in [1.29, 1.82) is 0 Å². The van der Waals surface area contributed by atoms with E-state index in [2.05, 4.69) is 9.97 Å². The van der Waals surface area contributed by atoms with Crippen LogP contribution in [0, 0.1) is 0 Å². The van der Waals surface area contributed by atoms with Crippen LogP contribution in [0.5, 0.6) is 0 Å².